The summed E-state index contributed by atoms with van der Waals surface area (Å²) in [5.41, 5.74) is 1.43. The number of nitrogens with zero attached hydrogens (tertiary/aromatic N) is 1. The number of hydrogen-bond acceptors (Lipinski definition) is 3. The van der Waals surface area contributed by atoms with Crippen molar-refractivity contribution in [1.29, 1.82) is 0 Å². The molecular weight excluding hydrogens is 415 g/mol. The summed E-state index contributed by atoms with van der Waals surface area (Å²) in [4.78, 5) is 14.5. The Morgan fingerprint density at radius 3 is 2.33 bits per heavy atom. The van der Waals surface area contributed by atoms with Gasteiger partial charge < -0.3 is 15.0 Å². The molecule has 1 heterocycles. The van der Waals surface area contributed by atoms with Crippen molar-refractivity contribution in [1.82, 2.24) is 4.90 Å². The second kappa shape index (κ2) is 7.98. The van der Waals surface area contributed by atoms with E-state index >= 15 is 0 Å². The van der Waals surface area contributed by atoms with Gasteiger partial charge in [0.05, 0.1) is 0 Å². The van der Waals surface area contributed by atoms with Crippen molar-refractivity contribution in [3.63, 3.8) is 0 Å². The van der Waals surface area contributed by atoms with Crippen molar-refractivity contribution in [2.45, 2.75) is 18.9 Å². The molecule has 126 valence electrons. The van der Waals surface area contributed by atoms with Crippen molar-refractivity contribution in [3.05, 3.63) is 57.7 Å². The molecule has 0 aromatic heterocycles. The van der Waals surface area contributed by atoms with Crippen LogP contribution in [-0.2, 0) is 0 Å². The highest BCUT2D eigenvalue weighted by molar-refractivity contribution is 14.1. The summed E-state index contributed by atoms with van der Waals surface area (Å²) in [5, 5.41) is 2.91. The van der Waals surface area contributed by atoms with E-state index in [2.05, 4.69) is 39.9 Å². The van der Waals surface area contributed by atoms with Gasteiger partial charge in [0.15, 0.2) is 0 Å². The highest BCUT2D eigenvalue weighted by atomic mass is 127. The molecule has 3 rings (SSSR count). The minimum atomic E-state index is -0.101. The minimum absolute atomic E-state index is 0.101. The van der Waals surface area contributed by atoms with E-state index in [4.69, 9.17) is 4.74 Å². The molecule has 0 radical (unpaired) electrons. The van der Waals surface area contributed by atoms with Crippen LogP contribution in [0, 0.1) is 3.57 Å². The maximum Gasteiger partial charge on any atom is 0.255 e. The molecule has 1 saturated heterocycles. The maximum atomic E-state index is 12.2. The van der Waals surface area contributed by atoms with Gasteiger partial charge in [0, 0.05) is 27.9 Å². The Kier molecular flexibility index (Phi) is 5.73. The highest BCUT2D eigenvalue weighted by Crippen LogP contribution is 2.21. The predicted octanol–water partition coefficient (Wildman–Crippen LogP) is 4.02. The fraction of sp³-hybridized carbons (Fsp3) is 0.316. The number of hydrogen-bond donors (Lipinski definition) is 1. The molecule has 0 unspecified atom stereocenters. The first-order valence-electron chi connectivity index (χ1n) is 8.12. The number of benzene rings is 2. The van der Waals surface area contributed by atoms with Crippen molar-refractivity contribution in [2.24, 2.45) is 0 Å². The van der Waals surface area contributed by atoms with Crippen molar-refractivity contribution in [3.8, 4) is 5.75 Å². The first-order valence-corrected chi connectivity index (χ1v) is 9.20. The first kappa shape index (κ1) is 17.2. The van der Waals surface area contributed by atoms with E-state index in [1.807, 2.05) is 48.5 Å². The zero-order valence-electron chi connectivity index (χ0n) is 13.7. The smallest absolute Gasteiger partial charge is 0.255 e. The molecule has 1 fully saturated rings. The summed E-state index contributed by atoms with van der Waals surface area (Å²) in [6, 6.07) is 15.1. The lowest BCUT2D eigenvalue weighted by atomic mass is 10.1. The molecule has 0 aliphatic carbocycles. The molecular formula is C19H21IN2O2. The van der Waals surface area contributed by atoms with Gasteiger partial charge in [-0.25, -0.2) is 0 Å². The van der Waals surface area contributed by atoms with E-state index in [0.717, 1.165) is 40.9 Å². The number of amides is 1. The Labute approximate surface area is 156 Å². The number of likely N-dealkylation sites (tertiary alicyclic amines) is 1. The second-order valence-electron chi connectivity index (χ2n) is 6.11. The molecule has 1 N–H and O–H groups in total. The third-order valence-corrected chi connectivity index (χ3v) is 4.91. The van der Waals surface area contributed by atoms with E-state index in [1.54, 1.807) is 0 Å². The van der Waals surface area contributed by atoms with Crippen molar-refractivity contribution >= 4 is 34.2 Å². The Balaban J connectivity index is 1.56. The van der Waals surface area contributed by atoms with Crippen LogP contribution in [0.3, 0.4) is 0 Å². The summed E-state index contributed by atoms with van der Waals surface area (Å²) in [6.07, 6.45) is 2.40. The normalized spacial score (nSPS) is 15.9. The Morgan fingerprint density at radius 1 is 1.08 bits per heavy atom. The number of halogens is 1. The Morgan fingerprint density at radius 2 is 1.71 bits per heavy atom. The fourth-order valence-corrected chi connectivity index (χ4v) is 3.08. The van der Waals surface area contributed by atoms with Crippen LogP contribution in [0.25, 0.3) is 0 Å². The highest BCUT2D eigenvalue weighted by Gasteiger charge is 2.17. The number of anilines is 1. The van der Waals surface area contributed by atoms with Crippen LogP contribution in [0.2, 0.25) is 0 Å². The van der Waals surface area contributed by atoms with Crippen LogP contribution in [0.5, 0.6) is 5.75 Å². The van der Waals surface area contributed by atoms with E-state index in [1.165, 1.54) is 0 Å². The molecule has 0 saturated carbocycles. The van der Waals surface area contributed by atoms with Gasteiger partial charge >= 0.3 is 0 Å². The molecule has 1 amide bonds. The molecule has 0 bridgehead atoms. The lowest BCUT2D eigenvalue weighted by molar-refractivity contribution is 0.102. The summed E-state index contributed by atoms with van der Waals surface area (Å²) in [5.74, 6) is 0.757. The van der Waals surface area contributed by atoms with E-state index in [-0.39, 0.29) is 12.0 Å². The van der Waals surface area contributed by atoms with Gasteiger partial charge in [-0.1, -0.05) is 0 Å². The molecule has 5 heteroatoms. The summed E-state index contributed by atoms with van der Waals surface area (Å²) < 4.78 is 7.13. The summed E-state index contributed by atoms with van der Waals surface area (Å²) in [7, 11) is 2.14. The third-order valence-electron chi connectivity index (χ3n) is 4.19. The van der Waals surface area contributed by atoms with Crippen LogP contribution < -0.4 is 10.1 Å². The third kappa shape index (κ3) is 4.70. The lowest BCUT2D eigenvalue weighted by Gasteiger charge is -2.29. The monoisotopic (exact) mass is 436 g/mol. The first-order chi connectivity index (χ1) is 11.6. The predicted molar refractivity (Wildman–Crippen MR) is 105 cm³/mol. The van der Waals surface area contributed by atoms with Crippen LogP contribution in [0.4, 0.5) is 5.69 Å². The second-order valence-corrected chi connectivity index (χ2v) is 7.35. The molecule has 24 heavy (non-hydrogen) atoms. The molecule has 4 nitrogen and oxygen atoms in total. The van der Waals surface area contributed by atoms with E-state index < -0.39 is 0 Å². The Bertz CT molecular complexity index is 678. The summed E-state index contributed by atoms with van der Waals surface area (Å²) >= 11 is 2.22. The van der Waals surface area contributed by atoms with Gasteiger partial charge in [0.1, 0.15) is 11.9 Å². The average Bonchev–Trinajstić information content (AvgIpc) is 2.59. The van der Waals surface area contributed by atoms with Gasteiger partial charge in [0.2, 0.25) is 0 Å². The topological polar surface area (TPSA) is 41.6 Å². The number of carbonyl (C=O) groups is 1. The number of rotatable bonds is 4. The quantitative estimate of drug-likeness (QED) is 0.737. The van der Waals surface area contributed by atoms with Crippen molar-refractivity contribution in [2.75, 3.05) is 25.5 Å². The number of ether oxygens (including phenoxy) is 1. The van der Waals surface area contributed by atoms with Gasteiger partial charge in [-0.3, -0.25) is 4.79 Å². The lowest BCUT2D eigenvalue weighted by Crippen LogP contribution is -2.35. The molecule has 2 aromatic carbocycles. The number of nitrogens with one attached hydrogen (secondary N) is 1. The molecule has 0 spiro atoms. The average molecular weight is 436 g/mol. The van der Waals surface area contributed by atoms with Gasteiger partial charge in [-0.05, 0) is 91.0 Å². The maximum absolute atomic E-state index is 12.2. The largest absolute Gasteiger partial charge is 0.490 e. The standard InChI is InChI=1S/C19H21IN2O2/c1-22-12-10-18(11-13-22)24-17-8-6-16(7-9-17)21-19(23)14-2-4-15(20)5-3-14/h2-9,18H,10-13H2,1H3,(H,21,23). The van der Waals surface area contributed by atoms with Gasteiger partial charge in [-0.15, -0.1) is 0 Å². The van der Waals surface area contributed by atoms with Crippen LogP contribution in [0.1, 0.15) is 23.2 Å². The van der Waals surface area contributed by atoms with Gasteiger partial charge in [-0.2, -0.15) is 0 Å². The van der Waals surface area contributed by atoms with E-state index in [0.29, 0.717) is 5.56 Å². The van der Waals surface area contributed by atoms with Gasteiger partial charge in [0.25, 0.3) is 5.91 Å². The van der Waals surface area contributed by atoms with E-state index in [9.17, 15) is 4.79 Å². The van der Waals surface area contributed by atoms with Crippen LogP contribution >= 0.6 is 22.6 Å². The zero-order valence-corrected chi connectivity index (χ0v) is 15.8. The molecule has 1 aliphatic heterocycles. The van der Waals surface area contributed by atoms with Crippen molar-refractivity contribution < 1.29 is 9.53 Å². The minimum Gasteiger partial charge on any atom is -0.490 e. The zero-order chi connectivity index (χ0) is 16.9. The number of carbonyl (C=O) groups excluding carboxylic acids is 1. The summed E-state index contributed by atoms with van der Waals surface area (Å²) in [6.45, 7) is 2.16. The number of piperidine rings is 1. The SMILES string of the molecule is CN1CCC(Oc2ccc(NC(=O)c3ccc(I)cc3)cc2)CC1. The fourth-order valence-electron chi connectivity index (χ4n) is 2.72. The van der Waals surface area contributed by atoms with Crippen LogP contribution in [0.15, 0.2) is 48.5 Å². The molecule has 2 aromatic rings. The van der Waals surface area contributed by atoms with Crippen LogP contribution in [-0.4, -0.2) is 37.0 Å². The molecule has 1 aliphatic rings. The Hall–Kier alpha value is -1.60. The molecule has 0 atom stereocenters.